The van der Waals surface area contributed by atoms with E-state index in [4.69, 9.17) is 14.2 Å². The van der Waals surface area contributed by atoms with Crippen molar-refractivity contribution in [3.05, 3.63) is 29.8 Å². The van der Waals surface area contributed by atoms with E-state index in [-0.39, 0.29) is 12.1 Å². The highest BCUT2D eigenvalue weighted by Gasteiger charge is 2.18. The first-order chi connectivity index (χ1) is 9.72. The molecule has 114 valence electrons. The zero-order valence-electron chi connectivity index (χ0n) is 13.0. The first kappa shape index (κ1) is 17.0. The van der Waals surface area contributed by atoms with Crippen molar-refractivity contribution < 1.29 is 14.2 Å². The number of benzene rings is 1. The Morgan fingerprint density at radius 1 is 1.10 bits per heavy atom. The molecule has 0 heterocycles. The topological polar surface area (TPSA) is 39.7 Å². The van der Waals surface area contributed by atoms with Crippen LogP contribution in [-0.2, 0) is 9.47 Å². The second-order valence-electron chi connectivity index (χ2n) is 4.58. The van der Waals surface area contributed by atoms with E-state index < -0.39 is 0 Å². The van der Waals surface area contributed by atoms with Gasteiger partial charge in [-0.2, -0.15) is 0 Å². The molecule has 0 aliphatic rings. The molecule has 4 nitrogen and oxygen atoms in total. The highest BCUT2D eigenvalue weighted by Crippen LogP contribution is 2.22. The Hall–Kier alpha value is -1.10. The first-order valence-electron chi connectivity index (χ1n) is 7.29. The molecule has 1 rings (SSSR count). The molecule has 0 spiro atoms. The van der Waals surface area contributed by atoms with E-state index in [1.165, 1.54) is 5.56 Å². The lowest BCUT2D eigenvalue weighted by molar-refractivity contribution is -0.000968. The van der Waals surface area contributed by atoms with Crippen LogP contribution in [0.2, 0.25) is 0 Å². The Balaban J connectivity index is 2.61. The summed E-state index contributed by atoms with van der Waals surface area (Å²) in [5, 5.41) is 3.47. The zero-order chi connectivity index (χ0) is 14.8. The largest absolute Gasteiger partial charge is 0.497 e. The van der Waals surface area contributed by atoms with Crippen LogP contribution in [0.1, 0.15) is 32.4 Å². The van der Waals surface area contributed by atoms with Gasteiger partial charge in [0.25, 0.3) is 0 Å². The molecular weight excluding hydrogens is 254 g/mol. The summed E-state index contributed by atoms with van der Waals surface area (Å²) in [6.45, 7) is 9.06. The predicted octanol–water partition coefficient (Wildman–Crippen LogP) is 2.79. The van der Waals surface area contributed by atoms with Gasteiger partial charge in [0.05, 0.1) is 32.5 Å². The molecule has 1 aromatic rings. The van der Waals surface area contributed by atoms with E-state index in [1.54, 1.807) is 7.11 Å². The van der Waals surface area contributed by atoms with E-state index in [2.05, 4.69) is 31.3 Å². The van der Waals surface area contributed by atoms with Gasteiger partial charge >= 0.3 is 0 Å². The molecule has 1 N–H and O–H groups in total. The van der Waals surface area contributed by atoms with E-state index in [0.717, 1.165) is 18.9 Å². The number of rotatable bonds is 10. The van der Waals surface area contributed by atoms with Crippen LogP contribution in [-0.4, -0.2) is 39.6 Å². The molecule has 4 heteroatoms. The Morgan fingerprint density at radius 3 is 2.35 bits per heavy atom. The zero-order valence-corrected chi connectivity index (χ0v) is 13.0. The van der Waals surface area contributed by atoms with Crippen molar-refractivity contribution in [3.8, 4) is 5.75 Å². The van der Waals surface area contributed by atoms with Crippen molar-refractivity contribution >= 4 is 0 Å². The minimum Gasteiger partial charge on any atom is -0.497 e. The van der Waals surface area contributed by atoms with Crippen molar-refractivity contribution in [2.24, 2.45) is 0 Å². The SMILES string of the molecule is CCNC(c1ccc(OC)cc1)C(C)OCCOCC. The third-order valence-electron chi connectivity index (χ3n) is 3.18. The lowest BCUT2D eigenvalue weighted by atomic mass is 10.0. The molecule has 0 radical (unpaired) electrons. The normalized spacial score (nSPS) is 14.0. The highest BCUT2D eigenvalue weighted by atomic mass is 16.5. The molecule has 0 aliphatic heterocycles. The van der Waals surface area contributed by atoms with Crippen LogP contribution in [0, 0.1) is 0 Å². The molecular formula is C16H27NO3. The number of likely N-dealkylation sites (N-methyl/N-ethyl adjacent to an activating group) is 1. The van der Waals surface area contributed by atoms with Crippen molar-refractivity contribution in [2.45, 2.75) is 32.9 Å². The Kier molecular flexibility index (Phi) is 8.26. The Morgan fingerprint density at radius 2 is 1.80 bits per heavy atom. The van der Waals surface area contributed by atoms with E-state index in [0.29, 0.717) is 13.2 Å². The van der Waals surface area contributed by atoms with Crippen molar-refractivity contribution in [3.63, 3.8) is 0 Å². The predicted molar refractivity (Wildman–Crippen MR) is 81.3 cm³/mol. The number of ether oxygens (including phenoxy) is 3. The van der Waals surface area contributed by atoms with Crippen LogP contribution >= 0.6 is 0 Å². The number of nitrogens with one attached hydrogen (secondary N) is 1. The lowest BCUT2D eigenvalue weighted by Gasteiger charge is -2.25. The molecule has 0 bridgehead atoms. The van der Waals surface area contributed by atoms with Gasteiger partial charge in [-0.15, -0.1) is 0 Å². The highest BCUT2D eigenvalue weighted by molar-refractivity contribution is 5.29. The van der Waals surface area contributed by atoms with Gasteiger partial charge in [0.2, 0.25) is 0 Å². The summed E-state index contributed by atoms with van der Waals surface area (Å²) in [5.74, 6) is 0.869. The number of hydrogen-bond donors (Lipinski definition) is 1. The van der Waals surface area contributed by atoms with E-state index >= 15 is 0 Å². The van der Waals surface area contributed by atoms with Gasteiger partial charge in [-0.25, -0.2) is 0 Å². The summed E-state index contributed by atoms with van der Waals surface area (Å²) in [7, 11) is 1.68. The summed E-state index contributed by atoms with van der Waals surface area (Å²) in [4.78, 5) is 0. The molecule has 1 aromatic carbocycles. The lowest BCUT2D eigenvalue weighted by Crippen LogP contribution is -2.32. The maximum absolute atomic E-state index is 5.85. The summed E-state index contributed by atoms with van der Waals surface area (Å²) in [6.07, 6.45) is 0.0869. The van der Waals surface area contributed by atoms with Gasteiger partial charge in [0.1, 0.15) is 5.75 Å². The summed E-state index contributed by atoms with van der Waals surface area (Å²) in [6, 6.07) is 8.29. The molecule has 2 unspecified atom stereocenters. The fourth-order valence-corrected chi connectivity index (χ4v) is 2.12. The molecule has 0 saturated carbocycles. The van der Waals surface area contributed by atoms with Gasteiger partial charge < -0.3 is 19.5 Å². The van der Waals surface area contributed by atoms with Gasteiger partial charge in [0, 0.05) is 6.61 Å². The minimum atomic E-state index is 0.0869. The van der Waals surface area contributed by atoms with Gasteiger partial charge in [-0.1, -0.05) is 19.1 Å². The smallest absolute Gasteiger partial charge is 0.118 e. The standard InChI is InChI=1S/C16H27NO3/c1-5-17-16(13(3)20-12-11-19-6-2)14-7-9-15(18-4)10-8-14/h7-10,13,16-17H,5-6,11-12H2,1-4H3. The molecule has 2 atom stereocenters. The maximum Gasteiger partial charge on any atom is 0.118 e. The molecule has 20 heavy (non-hydrogen) atoms. The average molecular weight is 281 g/mol. The third-order valence-corrected chi connectivity index (χ3v) is 3.18. The van der Waals surface area contributed by atoms with Gasteiger partial charge in [0.15, 0.2) is 0 Å². The third kappa shape index (κ3) is 5.49. The van der Waals surface area contributed by atoms with E-state index in [9.17, 15) is 0 Å². The quantitative estimate of drug-likeness (QED) is 0.669. The molecule has 0 aromatic heterocycles. The Bertz CT molecular complexity index is 353. The van der Waals surface area contributed by atoms with Crippen LogP contribution in [0.3, 0.4) is 0 Å². The van der Waals surface area contributed by atoms with Crippen LogP contribution in [0.15, 0.2) is 24.3 Å². The fourth-order valence-electron chi connectivity index (χ4n) is 2.12. The Labute approximate surface area is 122 Å². The minimum absolute atomic E-state index is 0.0869. The van der Waals surface area contributed by atoms with Crippen LogP contribution in [0.25, 0.3) is 0 Å². The van der Waals surface area contributed by atoms with Crippen molar-refractivity contribution in [1.29, 1.82) is 0 Å². The maximum atomic E-state index is 5.85. The average Bonchev–Trinajstić information content (AvgIpc) is 2.49. The van der Waals surface area contributed by atoms with Crippen molar-refractivity contribution in [2.75, 3.05) is 33.5 Å². The van der Waals surface area contributed by atoms with Crippen molar-refractivity contribution in [1.82, 2.24) is 5.32 Å². The fraction of sp³-hybridized carbons (Fsp3) is 0.625. The van der Waals surface area contributed by atoms with Gasteiger partial charge in [-0.05, 0) is 38.1 Å². The van der Waals surface area contributed by atoms with Crippen LogP contribution in [0.4, 0.5) is 0 Å². The summed E-state index contributed by atoms with van der Waals surface area (Å²) in [5.41, 5.74) is 1.21. The summed E-state index contributed by atoms with van der Waals surface area (Å²) >= 11 is 0. The first-order valence-corrected chi connectivity index (χ1v) is 7.29. The van der Waals surface area contributed by atoms with Gasteiger partial charge in [-0.3, -0.25) is 0 Å². The van der Waals surface area contributed by atoms with Crippen LogP contribution < -0.4 is 10.1 Å². The number of methoxy groups -OCH3 is 1. The molecule has 0 amide bonds. The molecule has 0 aliphatic carbocycles. The summed E-state index contributed by atoms with van der Waals surface area (Å²) < 4.78 is 16.3. The van der Waals surface area contributed by atoms with E-state index in [1.807, 2.05) is 19.1 Å². The molecule has 0 saturated heterocycles. The second-order valence-corrected chi connectivity index (χ2v) is 4.58. The van der Waals surface area contributed by atoms with Crippen LogP contribution in [0.5, 0.6) is 5.75 Å². The monoisotopic (exact) mass is 281 g/mol. The number of hydrogen-bond acceptors (Lipinski definition) is 4. The molecule has 0 fully saturated rings. The second kappa shape index (κ2) is 9.75.